The number of nitrogens with zero attached hydrogens (tertiary/aromatic N) is 2. The van der Waals surface area contributed by atoms with E-state index in [4.69, 9.17) is 26.4 Å². The molecule has 2 aliphatic heterocycles. The highest BCUT2D eigenvalue weighted by Crippen LogP contribution is 2.21. The van der Waals surface area contributed by atoms with E-state index in [0.717, 1.165) is 42.0 Å². The zero-order valence-corrected chi connectivity index (χ0v) is 62.7. The van der Waals surface area contributed by atoms with Crippen molar-refractivity contribution in [3.8, 4) is 0 Å². The fourth-order valence-electron chi connectivity index (χ4n) is 11.5. The Morgan fingerprint density at radius 1 is 0.575 bits per heavy atom. The van der Waals surface area contributed by atoms with Crippen LogP contribution < -0.4 is 75.3 Å². The topological polar surface area (TPSA) is 521 Å². The van der Waals surface area contributed by atoms with Gasteiger partial charge in [0, 0.05) is 70.1 Å². The van der Waals surface area contributed by atoms with Gasteiger partial charge in [0.05, 0.1) is 32.0 Å². The van der Waals surface area contributed by atoms with E-state index in [0.29, 0.717) is 25.7 Å². The van der Waals surface area contributed by atoms with Crippen molar-refractivity contribution in [2.45, 2.75) is 212 Å². The first-order valence-electron chi connectivity index (χ1n) is 36.4. The summed E-state index contributed by atoms with van der Waals surface area (Å²) in [7, 11) is 1.83. The molecule has 1 saturated heterocycles. The zero-order chi connectivity index (χ0) is 79.0. The average Bonchev–Trinajstić information content (AvgIpc) is 1.38. The lowest BCUT2D eigenvalue weighted by Crippen LogP contribution is -2.62. The summed E-state index contributed by atoms with van der Waals surface area (Å²) in [5, 5.41) is 50.9. The lowest BCUT2D eigenvalue weighted by molar-refractivity contribution is -0.142. The van der Waals surface area contributed by atoms with Crippen LogP contribution in [0.4, 0.5) is 0 Å². The second-order valence-electron chi connectivity index (χ2n) is 27.4. The number of carbonyl (C=O) groups is 15. The summed E-state index contributed by atoms with van der Waals surface area (Å²) in [6.45, 7) is 13.9. The lowest BCUT2D eigenvalue weighted by Gasteiger charge is -2.30. The van der Waals surface area contributed by atoms with Crippen molar-refractivity contribution in [3.63, 3.8) is 0 Å². The van der Waals surface area contributed by atoms with Gasteiger partial charge in [0.25, 0.3) is 11.8 Å². The molecule has 0 aromatic heterocycles. The number of ether oxygens (including phenoxy) is 2. The molecule has 0 saturated carbocycles. The maximum absolute atomic E-state index is 14.4. The van der Waals surface area contributed by atoms with E-state index in [9.17, 15) is 77.0 Å². The number of imide groups is 1. The Morgan fingerprint density at radius 3 is 1.76 bits per heavy atom. The van der Waals surface area contributed by atoms with E-state index in [-0.39, 0.29) is 134 Å². The van der Waals surface area contributed by atoms with Crippen LogP contribution in [0.25, 0.3) is 0 Å². The van der Waals surface area contributed by atoms with Crippen LogP contribution in [0.3, 0.4) is 0 Å². The van der Waals surface area contributed by atoms with Gasteiger partial charge in [0.15, 0.2) is 11.7 Å². The smallest absolute Gasteiger partial charge is 0.253 e. The van der Waals surface area contributed by atoms with Gasteiger partial charge in [-0.2, -0.15) is 0 Å². The van der Waals surface area contributed by atoms with E-state index >= 15 is 0 Å². The Balaban J connectivity index is 1.63. The second kappa shape index (κ2) is 48.6. The van der Waals surface area contributed by atoms with Crippen LogP contribution in [0.5, 0.6) is 0 Å². The Morgan fingerprint density at radius 2 is 1.13 bits per heavy atom. The number of aliphatic hydroxyl groups is 1. The summed E-state index contributed by atoms with van der Waals surface area (Å²) < 4.78 is 10.7. The van der Waals surface area contributed by atoms with Gasteiger partial charge in [-0.25, -0.2) is 0 Å². The number of ketones is 1. The van der Waals surface area contributed by atoms with Gasteiger partial charge in [0.1, 0.15) is 54.9 Å². The van der Waals surface area contributed by atoms with Crippen LogP contribution >= 0.6 is 0 Å². The third-order valence-corrected chi connectivity index (χ3v) is 17.5. The monoisotopic (exact) mass is 1490 g/mol. The van der Waals surface area contributed by atoms with Gasteiger partial charge in [0.2, 0.25) is 70.9 Å². The lowest BCUT2D eigenvalue weighted by atomic mass is 9.99. The molecule has 6 unspecified atom stereocenters. The molecule has 0 spiro atoms. The minimum Gasteiger partial charge on any atom is -0.391 e. The van der Waals surface area contributed by atoms with Crippen molar-refractivity contribution in [3.05, 3.63) is 48.0 Å². The van der Waals surface area contributed by atoms with E-state index in [1.54, 1.807) is 65.0 Å². The molecule has 1 aromatic carbocycles. The van der Waals surface area contributed by atoms with Crippen molar-refractivity contribution >= 4 is 94.4 Å². The van der Waals surface area contributed by atoms with Crippen molar-refractivity contribution in [2.24, 2.45) is 29.2 Å². The number of likely N-dealkylation sites (tertiary alicyclic amines) is 1. The molecule has 35 nitrogen and oxygen atoms in total. The Labute approximate surface area is 619 Å². The number of unbranched alkanes of at least 4 members (excludes halogenated alkanes) is 2. The van der Waals surface area contributed by atoms with Crippen LogP contribution in [-0.4, -0.2) is 243 Å². The van der Waals surface area contributed by atoms with Crippen molar-refractivity contribution < 1.29 is 86.5 Å². The first kappa shape index (κ1) is 90.7. The average molecular weight is 1490 g/mol. The maximum atomic E-state index is 14.4. The molecule has 3 rings (SSSR count). The molecule has 0 aliphatic carbocycles. The largest absolute Gasteiger partial charge is 0.391 e. The van der Waals surface area contributed by atoms with Gasteiger partial charge in [-0.15, -0.1) is 0 Å². The van der Waals surface area contributed by atoms with Crippen LogP contribution in [0, 0.1) is 23.2 Å². The number of aliphatic hydroxyl groups excluding tert-OH is 1. The van der Waals surface area contributed by atoms with Gasteiger partial charge >= 0.3 is 0 Å². The summed E-state index contributed by atoms with van der Waals surface area (Å²) in [5.74, 6) is -11.7. The molecule has 0 bridgehead atoms. The molecule has 2 heterocycles. The maximum Gasteiger partial charge on any atom is 0.253 e. The number of hydrogen-bond donors (Lipinski definition) is 16. The highest BCUT2D eigenvalue weighted by Gasteiger charge is 2.40. The molecule has 14 amide bonds. The van der Waals surface area contributed by atoms with E-state index in [2.05, 4.69) is 63.8 Å². The standard InChI is InChI=1S/C71H115N17O18/c1-42(2)39-52(65(99)79-45(6)70(104)87-34-18-24-54(87)67(101)80-49(46(7)89)22-14-16-31-76-57(93)41-106-38-37-105-36-33-77-56(92)29-35-88-58(94)27-28-59(88)95)84-63(97)51(25-26-55(72)91)82-69(103)61(47(8)90)86-68(102)60(43(3)4)85-64(98)50(23-17-32-78-71(73)74)81-66(100)53(40-48-20-11-10-12-21-48)83-62(96)44(5)19-13-15-30-75-9/h10-12,20-21,27-28,42-45,47,49-54,60-61,75,90H,13-19,22-26,29-41H2,1-9H3,(H2,72,91)(H,76,93)(H,77,92)(H,79,99)(H,80,101)(H,81,100)(H,82,103)(H,83,96)(H,84,97)(H,85,98)(H,86,102)(H4,73,74,78)/t44?,45?,47-,49?,50+,51?,52+,53?,54+,60?,61+/m1/s1. The predicted molar refractivity (Wildman–Crippen MR) is 389 cm³/mol. The molecule has 11 atom stereocenters. The number of Topliss-reactive ketones (excluding diaryl/α,β-unsaturated/α-hetero) is 1. The molecule has 1 fully saturated rings. The predicted octanol–water partition coefficient (Wildman–Crippen LogP) is -2.90. The number of carbonyl (C=O) groups excluding carboxylic acids is 15. The van der Waals surface area contributed by atoms with Crippen molar-refractivity contribution in [1.29, 1.82) is 5.41 Å². The molecule has 0 radical (unpaired) electrons. The van der Waals surface area contributed by atoms with Gasteiger partial charge < -0.3 is 94.7 Å². The highest BCUT2D eigenvalue weighted by molar-refractivity contribution is 6.13. The van der Waals surface area contributed by atoms with Crippen molar-refractivity contribution in [2.75, 3.05) is 72.7 Å². The quantitative estimate of drug-likeness (QED) is 0.0135. The highest BCUT2D eigenvalue weighted by atomic mass is 16.5. The van der Waals surface area contributed by atoms with Crippen molar-refractivity contribution in [1.82, 2.24) is 73.6 Å². The van der Waals surface area contributed by atoms with Crippen LogP contribution in [-0.2, 0) is 87.8 Å². The minimum atomic E-state index is -1.81. The SMILES string of the molecule is CNCCCCC(C)C(=O)NC(Cc1ccccc1)C(=O)N[C@@H](CCCNC(=N)N)C(=O)NC(C(=O)N[C@H](C(=O)NC(CCC(N)=O)C(=O)N[C@@H](CC(C)C)C(=O)NC(C)C(=O)N1CCC[C@H]1C(=O)NC(CCCCNC(=O)COCCOCCNC(=O)CCN1C(=O)C=CC1=O)C(C)=O)[C@@H](C)O)C(C)C. The number of hydrogen-bond acceptors (Lipinski definition) is 20. The molecule has 2 aliphatic rings. The molecular weight excluding hydrogens is 1380 g/mol. The van der Waals surface area contributed by atoms with Gasteiger partial charge in [-0.05, 0) is 122 Å². The van der Waals surface area contributed by atoms with Gasteiger partial charge in [-0.1, -0.05) is 71.4 Å². The molecular formula is C71H115N17O18. The minimum absolute atomic E-state index is 0.00595. The molecule has 592 valence electrons. The second-order valence-corrected chi connectivity index (χ2v) is 27.4. The molecule has 106 heavy (non-hydrogen) atoms. The number of guanidine groups is 1. The number of nitrogens with two attached hydrogens (primary N) is 2. The fraction of sp³-hybridized carbons (Fsp3) is 0.662. The first-order valence-corrected chi connectivity index (χ1v) is 36.4. The van der Waals surface area contributed by atoms with E-state index < -0.39 is 156 Å². The summed E-state index contributed by atoms with van der Waals surface area (Å²) in [5.41, 5.74) is 11.7. The number of rotatable bonds is 52. The number of benzene rings is 1. The third-order valence-electron chi connectivity index (χ3n) is 17.5. The number of nitrogens with one attached hydrogen (secondary N) is 13. The molecule has 18 N–H and O–H groups in total. The summed E-state index contributed by atoms with van der Waals surface area (Å²) in [6.07, 6.45) is 3.78. The summed E-state index contributed by atoms with van der Waals surface area (Å²) >= 11 is 0. The third kappa shape index (κ3) is 34.2. The molecule has 35 heteroatoms. The summed E-state index contributed by atoms with van der Waals surface area (Å²) in [4.78, 5) is 202. The van der Waals surface area contributed by atoms with Crippen LogP contribution in [0.2, 0.25) is 0 Å². The van der Waals surface area contributed by atoms with Crippen LogP contribution in [0.15, 0.2) is 42.5 Å². The first-order chi connectivity index (χ1) is 50.2. The Kier molecular flexibility index (Phi) is 41.6. The Bertz CT molecular complexity index is 3140. The van der Waals surface area contributed by atoms with Crippen LogP contribution in [0.1, 0.15) is 151 Å². The normalized spacial score (nSPS) is 16.2. The Hall–Kier alpha value is -9.48. The van der Waals surface area contributed by atoms with E-state index in [1.807, 2.05) is 7.05 Å². The number of primary amides is 1. The zero-order valence-electron chi connectivity index (χ0n) is 62.7. The number of amides is 14. The fourth-order valence-corrected chi connectivity index (χ4v) is 11.5. The van der Waals surface area contributed by atoms with E-state index in [1.165, 1.54) is 25.7 Å². The summed E-state index contributed by atoms with van der Waals surface area (Å²) in [6, 6.07) is -2.96. The van der Waals surface area contributed by atoms with Gasteiger partial charge in [-0.3, -0.25) is 82.2 Å². The molecule has 1 aromatic rings.